The summed E-state index contributed by atoms with van der Waals surface area (Å²) in [5, 5.41) is 3.56. The minimum Gasteiger partial charge on any atom is -0.493 e. The number of thioether (sulfide) groups is 1. The Labute approximate surface area is 210 Å². The average molecular weight is 475 g/mol. The number of hydrogen-bond acceptors (Lipinski definition) is 4. The number of fused-ring (bicyclic) bond motifs is 6. The quantitative estimate of drug-likeness (QED) is 0.299. The molecule has 3 aliphatic heterocycles. The largest absolute Gasteiger partial charge is 0.493 e. The fourth-order valence-electron chi connectivity index (χ4n) is 5.85. The zero-order valence-electron chi connectivity index (χ0n) is 19.8. The number of benzene rings is 4. The van der Waals surface area contributed by atoms with Gasteiger partial charge in [0.05, 0.1) is 18.3 Å². The van der Waals surface area contributed by atoms with E-state index in [1.807, 2.05) is 0 Å². The molecule has 3 aliphatic rings. The van der Waals surface area contributed by atoms with Crippen LogP contribution in [0, 0.1) is 5.92 Å². The van der Waals surface area contributed by atoms with E-state index < -0.39 is 0 Å². The highest BCUT2D eigenvalue weighted by molar-refractivity contribution is 8.22. The molecule has 0 spiro atoms. The summed E-state index contributed by atoms with van der Waals surface area (Å²) >= 11 is 1.80. The molecule has 0 bridgehead atoms. The monoisotopic (exact) mass is 474 g/mol. The molecule has 3 heterocycles. The SMILES string of the molecule is CC1(C)C2COc3ccc4ccccc4c3C2N=C2SC(c3ccccc3)=C(c3ccccc3)N21. The van der Waals surface area contributed by atoms with Crippen molar-refractivity contribution in [2.24, 2.45) is 10.9 Å². The maximum absolute atomic E-state index is 6.42. The third-order valence-electron chi connectivity index (χ3n) is 7.67. The number of amidine groups is 1. The van der Waals surface area contributed by atoms with Gasteiger partial charge in [-0.15, -0.1) is 0 Å². The zero-order valence-corrected chi connectivity index (χ0v) is 20.6. The van der Waals surface area contributed by atoms with E-state index in [2.05, 4.69) is 116 Å². The number of hydrogen-bond donors (Lipinski definition) is 0. The normalized spacial score (nSPS) is 22.2. The fourth-order valence-corrected chi connectivity index (χ4v) is 7.18. The van der Waals surface area contributed by atoms with Crippen molar-refractivity contribution in [2.75, 3.05) is 6.61 Å². The second kappa shape index (κ2) is 7.76. The second-order valence-electron chi connectivity index (χ2n) is 9.97. The van der Waals surface area contributed by atoms with Gasteiger partial charge < -0.3 is 9.64 Å². The zero-order chi connectivity index (χ0) is 23.6. The number of nitrogens with zero attached hydrogens (tertiary/aromatic N) is 2. The topological polar surface area (TPSA) is 24.8 Å². The number of aliphatic imine (C=N–C) groups is 1. The maximum Gasteiger partial charge on any atom is 0.169 e. The Balaban J connectivity index is 1.45. The van der Waals surface area contributed by atoms with Crippen molar-refractivity contribution in [3.63, 3.8) is 0 Å². The van der Waals surface area contributed by atoms with Crippen molar-refractivity contribution in [1.29, 1.82) is 0 Å². The van der Waals surface area contributed by atoms with Crippen LogP contribution in [0.15, 0.2) is 102 Å². The molecule has 35 heavy (non-hydrogen) atoms. The van der Waals surface area contributed by atoms with Crippen molar-refractivity contribution >= 4 is 38.3 Å². The lowest BCUT2D eigenvalue weighted by Gasteiger charge is -2.51. The molecule has 0 fully saturated rings. The van der Waals surface area contributed by atoms with Crippen molar-refractivity contribution in [3.05, 3.63) is 114 Å². The lowest BCUT2D eigenvalue weighted by Crippen LogP contribution is -2.56. The summed E-state index contributed by atoms with van der Waals surface area (Å²) < 4.78 is 6.42. The third kappa shape index (κ3) is 3.09. The molecule has 0 aromatic heterocycles. The summed E-state index contributed by atoms with van der Waals surface area (Å²) in [5.41, 5.74) is 4.74. The molecule has 0 N–H and O–H groups in total. The van der Waals surface area contributed by atoms with E-state index in [1.54, 1.807) is 11.8 Å². The molecule has 4 aromatic carbocycles. The first-order valence-electron chi connectivity index (χ1n) is 12.2. The molecule has 172 valence electrons. The smallest absolute Gasteiger partial charge is 0.169 e. The van der Waals surface area contributed by atoms with Crippen LogP contribution >= 0.6 is 11.8 Å². The fraction of sp³-hybridized carbons (Fsp3) is 0.194. The molecule has 2 unspecified atom stereocenters. The van der Waals surface area contributed by atoms with Crippen LogP contribution in [0.3, 0.4) is 0 Å². The molecule has 0 amide bonds. The second-order valence-corrected chi connectivity index (χ2v) is 11.0. The lowest BCUT2D eigenvalue weighted by atomic mass is 9.74. The van der Waals surface area contributed by atoms with Gasteiger partial charge in [-0.05, 0) is 53.6 Å². The Kier molecular flexibility index (Phi) is 4.62. The molecular weight excluding hydrogens is 448 g/mol. The van der Waals surface area contributed by atoms with E-state index in [4.69, 9.17) is 9.73 Å². The van der Waals surface area contributed by atoms with Crippen molar-refractivity contribution < 1.29 is 4.74 Å². The van der Waals surface area contributed by atoms with Crippen LogP contribution in [0.2, 0.25) is 0 Å². The molecule has 0 radical (unpaired) electrons. The summed E-state index contributed by atoms with van der Waals surface area (Å²) in [6, 6.07) is 34.4. The van der Waals surface area contributed by atoms with Crippen LogP contribution in [-0.4, -0.2) is 22.2 Å². The van der Waals surface area contributed by atoms with Gasteiger partial charge in [-0.1, -0.05) is 91.0 Å². The summed E-state index contributed by atoms with van der Waals surface area (Å²) in [4.78, 5) is 9.24. The van der Waals surface area contributed by atoms with Crippen molar-refractivity contribution in [2.45, 2.75) is 25.4 Å². The summed E-state index contributed by atoms with van der Waals surface area (Å²) in [6.45, 7) is 5.37. The van der Waals surface area contributed by atoms with Crippen LogP contribution in [0.1, 0.15) is 36.6 Å². The highest BCUT2D eigenvalue weighted by Gasteiger charge is 2.53. The average Bonchev–Trinajstić information content (AvgIpc) is 3.30. The molecule has 7 rings (SSSR count). The number of rotatable bonds is 2. The van der Waals surface area contributed by atoms with Crippen LogP contribution in [-0.2, 0) is 0 Å². The van der Waals surface area contributed by atoms with E-state index in [0.29, 0.717) is 6.61 Å². The van der Waals surface area contributed by atoms with E-state index in [9.17, 15) is 0 Å². The molecule has 3 nitrogen and oxygen atoms in total. The van der Waals surface area contributed by atoms with Gasteiger partial charge in [0.2, 0.25) is 0 Å². The van der Waals surface area contributed by atoms with Crippen LogP contribution in [0.5, 0.6) is 5.75 Å². The van der Waals surface area contributed by atoms with Crippen LogP contribution < -0.4 is 4.74 Å². The van der Waals surface area contributed by atoms with Gasteiger partial charge in [-0.3, -0.25) is 4.99 Å². The molecular formula is C31H26N2OS. The Morgan fingerprint density at radius 1 is 0.829 bits per heavy atom. The van der Waals surface area contributed by atoms with E-state index in [0.717, 1.165) is 10.9 Å². The van der Waals surface area contributed by atoms with Crippen molar-refractivity contribution in [3.8, 4) is 5.75 Å². The van der Waals surface area contributed by atoms with Crippen molar-refractivity contribution in [1.82, 2.24) is 4.90 Å². The van der Waals surface area contributed by atoms with Gasteiger partial charge in [0.25, 0.3) is 0 Å². The Morgan fingerprint density at radius 3 is 2.29 bits per heavy atom. The molecule has 0 aliphatic carbocycles. The highest BCUT2D eigenvalue weighted by atomic mass is 32.2. The minimum absolute atomic E-state index is 0.0609. The van der Waals surface area contributed by atoms with Gasteiger partial charge in [0, 0.05) is 21.9 Å². The predicted molar refractivity (Wildman–Crippen MR) is 146 cm³/mol. The maximum atomic E-state index is 6.42. The molecule has 0 saturated heterocycles. The third-order valence-corrected chi connectivity index (χ3v) is 8.77. The Hall–Kier alpha value is -3.50. The first-order valence-corrected chi connectivity index (χ1v) is 13.0. The lowest BCUT2D eigenvalue weighted by molar-refractivity contribution is 0.0755. The highest BCUT2D eigenvalue weighted by Crippen LogP contribution is 2.57. The molecule has 4 aromatic rings. The van der Waals surface area contributed by atoms with Gasteiger partial charge in [-0.2, -0.15) is 0 Å². The van der Waals surface area contributed by atoms with Crippen LogP contribution in [0.25, 0.3) is 21.4 Å². The van der Waals surface area contributed by atoms with Gasteiger partial charge in [-0.25, -0.2) is 0 Å². The summed E-state index contributed by atoms with van der Waals surface area (Å²) in [5.74, 6) is 1.19. The molecule has 0 saturated carbocycles. The van der Waals surface area contributed by atoms with E-state index in [1.165, 1.54) is 38.1 Å². The molecule has 4 heteroatoms. The summed E-state index contributed by atoms with van der Waals surface area (Å²) in [7, 11) is 0. The summed E-state index contributed by atoms with van der Waals surface area (Å²) in [6.07, 6.45) is 0. The first-order chi connectivity index (χ1) is 17.1. The van der Waals surface area contributed by atoms with Crippen LogP contribution in [0.4, 0.5) is 0 Å². The van der Waals surface area contributed by atoms with E-state index in [-0.39, 0.29) is 17.5 Å². The molecule has 2 atom stereocenters. The van der Waals surface area contributed by atoms with Gasteiger partial charge in [0.15, 0.2) is 5.17 Å². The Bertz CT molecular complexity index is 1510. The van der Waals surface area contributed by atoms with Gasteiger partial charge >= 0.3 is 0 Å². The Morgan fingerprint density at radius 2 is 1.51 bits per heavy atom. The standard InChI is InChI=1S/C31H26N2OS/c1-31(2)24-19-34-25-18-17-20-11-9-10-16-23(20)26(25)27(24)32-30-33(31)28(21-12-5-3-6-13-21)29(35-30)22-14-7-4-8-15-22/h3-18,24,27H,19H2,1-2H3. The van der Waals surface area contributed by atoms with E-state index >= 15 is 0 Å². The van der Waals surface area contributed by atoms with Gasteiger partial charge in [0.1, 0.15) is 5.75 Å². The minimum atomic E-state index is -0.189. The number of ether oxygens (including phenoxy) is 1. The first kappa shape index (κ1) is 20.8. The predicted octanol–water partition coefficient (Wildman–Crippen LogP) is 7.61.